The Labute approximate surface area is 197 Å². The Morgan fingerprint density at radius 1 is 0.419 bits per heavy atom. The zero-order valence-electron chi connectivity index (χ0n) is 21.8. The Morgan fingerprint density at radius 2 is 0.742 bits per heavy atom. The lowest BCUT2D eigenvalue weighted by Gasteiger charge is -2.35. The van der Waals surface area contributed by atoms with E-state index in [9.17, 15) is 0 Å². The minimum absolute atomic E-state index is 0.843. The summed E-state index contributed by atoms with van der Waals surface area (Å²) in [4.78, 5) is 0. The first kappa shape index (κ1) is 27.2. The van der Waals surface area contributed by atoms with Crippen molar-refractivity contribution in [3.05, 3.63) is 0 Å². The largest absolute Gasteiger partial charge is 0.311 e. The van der Waals surface area contributed by atoms with Crippen LogP contribution < -0.4 is 5.32 Å². The van der Waals surface area contributed by atoms with Crippen LogP contribution in [0.4, 0.5) is 0 Å². The summed E-state index contributed by atoms with van der Waals surface area (Å²) in [6, 6.07) is 1.69. The first-order valence-electron chi connectivity index (χ1n) is 15.1. The molecular formula is C30H59N. The van der Waals surface area contributed by atoms with Crippen molar-refractivity contribution in [1.29, 1.82) is 0 Å². The van der Waals surface area contributed by atoms with Crippen LogP contribution in [0.3, 0.4) is 0 Å². The molecule has 0 unspecified atom stereocenters. The molecule has 0 radical (unpaired) electrons. The van der Waals surface area contributed by atoms with Gasteiger partial charge in [-0.1, -0.05) is 117 Å². The fraction of sp³-hybridized carbons (Fsp3) is 1.00. The summed E-state index contributed by atoms with van der Waals surface area (Å²) < 4.78 is 0. The van der Waals surface area contributed by atoms with Crippen LogP contribution in [0.5, 0.6) is 0 Å². The molecule has 2 fully saturated rings. The molecule has 184 valence electrons. The van der Waals surface area contributed by atoms with E-state index < -0.39 is 0 Å². The Morgan fingerprint density at radius 3 is 1.10 bits per heavy atom. The maximum Gasteiger partial charge on any atom is 0.00698 e. The summed E-state index contributed by atoms with van der Waals surface area (Å²) in [5, 5.41) is 4.09. The molecule has 0 bridgehead atoms. The van der Waals surface area contributed by atoms with Gasteiger partial charge in [0, 0.05) is 12.1 Å². The first-order chi connectivity index (χ1) is 15.3. The van der Waals surface area contributed by atoms with Crippen molar-refractivity contribution in [3.8, 4) is 0 Å². The molecule has 0 saturated heterocycles. The first-order valence-corrected chi connectivity index (χ1v) is 15.1. The van der Waals surface area contributed by atoms with Crippen LogP contribution in [-0.2, 0) is 0 Å². The van der Waals surface area contributed by atoms with Gasteiger partial charge < -0.3 is 5.32 Å². The van der Waals surface area contributed by atoms with E-state index in [2.05, 4.69) is 19.2 Å². The van der Waals surface area contributed by atoms with E-state index in [-0.39, 0.29) is 0 Å². The van der Waals surface area contributed by atoms with E-state index in [4.69, 9.17) is 0 Å². The smallest absolute Gasteiger partial charge is 0.00698 e. The van der Waals surface area contributed by atoms with Crippen LogP contribution in [-0.4, -0.2) is 12.1 Å². The fourth-order valence-corrected chi connectivity index (χ4v) is 6.35. The van der Waals surface area contributed by atoms with Crippen LogP contribution in [0, 0.1) is 11.8 Å². The third-order valence-electron chi connectivity index (χ3n) is 8.60. The highest BCUT2D eigenvalue weighted by Gasteiger charge is 2.26. The number of unbranched alkanes of at least 4 members (excludes halogenated alkanes) is 12. The summed E-state index contributed by atoms with van der Waals surface area (Å²) in [7, 11) is 0. The van der Waals surface area contributed by atoms with Crippen molar-refractivity contribution in [3.63, 3.8) is 0 Å². The molecule has 0 aliphatic heterocycles. The van der Waals surface area contributed by atoms with Gasteiger partial charge in [-0.3, -0.25) is 0 Å². The maximum atomic E-state index is 4.09. The summed E-state index contributed by atoms with van der Waals surface area (Å²) in [5.41, 5.74) is 0. The normalized spacial score (nSPS) is 26.9. The minimum Gasteiger partial charge on any atom is -0.311 e. The van der Waals surface area contributed by atoms with Crippen molar-refractivity contribution in [2.24, 2.45) is 11.8 Å². The van der Waals surface area contributed by atoms with Gasteiger partial charge in [0.15, 0.2) is 0 Å². The average Bonchev–Trinajstić information content (AvgIpc) is 2.80. The Balaban J connectivity index is 1.41. The van der Waals surface area contributed by atoms with Crippen LogP contribution in [0.1, 0.15) is 168 Å². The molecule has 0 aromatic carbocycles. The van der Waals surface area contributed by atoms with Gasteiger partial charge in [0.25, 0.3) is 0 Å². The molecule has 0 heterocycles. The standard InChI is InChI=1S/C30H59N/c1-3-5-7-9-11-13-15-17-27-19-23-29(24-20-27)31-30-25-21-28(22-26-30)18-16-14-12-10-8-6-4-2/h27-31H,3-26H2,1-2H3. The van der Waals surface area contributed by atoms with E-state index in [0.29, 0.717) is 0 Å². The number of hydrogen-bond donors (Lipinski definition) is 1. The minimum atomic E-state index is 0.843. The zero-order chi connectivity index (χ0) is 22.0. The van der Waals surface area contributed by atoms with Crippen molar-refractivity contribution >= 4 is 0 Å². The molecule has 0 aromatic rings. The molecule has 2 aliphatic carbocycles. The molecule has 31 heavy (non-hydrogen) atoms. The predicted octanol–water partition coefficient (Wildman–Crippen LogP) is 9.97. The van der Waals surface area contributed by atoms with Gasteiger partial charge in [-0.25, -0.2) is 0 Å². The van der Waals surface area contributed by atoms with Crippen LogP contribution in [0.15, 0.2) is 0 Å². The van der Waals surface area contributed by atoms with Crippen molar-refractivity contribution in [2.45, 2.75) is 180 Å². The lowest BCUT2D eigenvalue weighted by Crippen LogP contribution is -2.42. The van der Waals surface area contributed by atoms with E-state index in [1.54, 1.807) is 0 Å². The van der Waals surface area contributed by atoms with Gasteiger partial charge in [0.1, 0.15) is 0 Å². The van der Waals surface area contributed by atoms with Crippen LogP contribution in [0.25, 0.3) is 0 Å². The van der Waals surface area contributed by atoms with Gasteiger partial charge in [-0.05, 0) is 63.2 Å². The molecular weight excluding hydrogens is 374 g/mol. The summed E-state index contributed by atoms with van der Waals surface area (Å²) >= 11 is 0. The van der Waals surface area contributed by atoms with Crippen molar-refractivity contribution < 1.29 is 0 Å². The summed E-state index contributed by atoms with van der Waals surface area (Å²) in [6.45, 7) is 4.63. The maximum absolute atomic E-state index is 4.09. The van der Waals surface area contributed by atoms with E-state index in [1.807, 2.05) is 0 Å². The molecule has 0 atom stereocenters. The molecule has 1 heteroatoms. The molecule has 2 saturated carbocycles. The third-order valence-corrected chi connectivity index (χ3v) is 8.60. The van der Waals surface area contributed by atoms with Crippen molar-refractivity contribution in [2.75, 3.05) is 0 Å². The highest BCUT2D eigenvalue weighted by Crippen LogP contribution is 2.32. The summed E-state index contributed by atoms with van der Waals surface area (Å²) in [6.07, 6.45) is 35.3. The zero-order valence-corrected chi connectivity index (χ0v) is 21.8. The second kappa shape index (κ2) is 18.4. The summed E-state index contributed by atoms with van der Waals surface area (Å²) in [5.74, 6) is 2.10. The molecule has 0 spiro atoms. The second-order valence-corrected chi connectivity index (χ2v) is 11.4. The van der Waals surface area contributed by atoms with Crippen LogP contribution >= 0.6 is 0 Å². The van der Waals surface area contributed by atoms with E-state index in [1.165, 1.54) is 154 Å². The topological polar surface area (TPSA) is 12.0 Å². The van der Waals surface area contributed by atoms with Crippen LogP contribution in [0.2, 0.25) is 0 Å². The SMILES string of the molecule is CCCCCCCCCC1CCC(NC2CCC(CCCCCCCCC)CC2)CC1. The number of hydrogen-bond acceptors (Lipinski definition) is 1. The Hall–Kier alpha value is -0.0400. The fourth-order valence-electron chi connectivity index (χ4n) is 6.35. The Bertz CT molecular complexity index is 340. The highest BCUT2D eigenvalue weighted by molar-refractivity contribution is 4.84. The van der Waals surface area contributed by atoms with Gasteiger partial charge >= 0.3 is 0 Å². The second-order valence-electron chi connectivity index (χ2n) is 11.4. The molecule has 0 aromatic heterocycles. The molecule has 0 amide bonds. The number of rotatable bonds is 18. The van der Waals surface area contributed by atoms with E-state index >= 15 is 0 Å². The van der Waals surface area contributed by atoms with E-state index in [0.717, 1.165) is 23.9 Å². The van der Waals surface area contributed by atoms with Gasteiger partial charge in [-0.15, -0.1) is 0 Å². The van der Waals surface area contributed by atoms with Crippen molar-refractivity contribution in [1.82, 2.24) is 5.32 Å². The monoisotopic (exact) mass is 433 g/mol. The lowest BCUT2D eigenvalue weighted by atomic mass is 9.80. The Kier molecular flexibility index (Phi) is 16.1. The number of nitrogens with one attached hydrogen (secondary N) is 1. The molecule has 2 rings (SSSR count). The highest BCUT2D eigenvalue weighted by atomic mass is 15.0. The average molecular weight is 434 g/mol. The quantitative estimate of drug-likeness (QED) is 0.212. The molecule has 2 aliphatic rings. The molecule has 1 nitrogen and oxygen atoms in total. The lowest BCUT2D eigenvalue weighted by molar-refractivity contribution is 0.218. The van der Waals surface area contributed by atoms with Gasteiger partial charge in [-0.2, -0.15) is 0 Å². The molecule has 1 N–H and O–H groups in total. The van der Waals surface area contributed by atoms with Gasteiger partial charge in [0.05, 0.1) is 0 Å². The van der Waals surface area contributed by atoms with Gasteiger partial charge in [0.2, 0.25) is 0 Å². The predicted molar refractivity (Wildman–Crippen MR) is 140 cm³/mol. The third kappa shape index (κ3) is 13.3.